The summed E-state index contributed by atoms with van der Waals surface area (Å²) in [6, 6.07) is 12.6. The molecule has 2 aromatic carbocycles. The third kappa shape index (κ3) is 6.18. The molecule has 0 aliphatic rings. The van der Waals surface area contributed by atoms with Gasteiger partial charge in [0.05, 0.1) is 18.7 Å². The zero-order valence-corrected chi connectivity index (χ0v) is 13.9. The number of esters is 1. The van der Waals surface area contributed by atoms with Crippen LogP contribution in [-0.4, -0.2) is 24.2 Å². The van der Waals surface area contributed by atoms with E-state index in [4.69, 9.17) is 10.5 Å². The molecule has 0 fully saturated rings. The minimum Gasteiger partial charge on any atom is -0.466 e. The Balaban J connectivity index is 1.93. The summed E-state index contributed by atoms with van der Waals surface area (Å²) in [4.78, 5) is 27.0. The van der Waals surface area contributed by atoms with Gasteiger partial charge in [0.1, 0.15) is 11.7 Å². The van der Waals surface area contributed by atoms with Crippen LogP contribution in [0.3, 0.4) is 0 Å². The molecule has 2 rings (SSSR count). The van der Waals surface area contributed by atoms with Crippen molar-refractivity contribution in [2.45, 2.75) is 19.8 Å². The van der Waals surface area contributed by atoms with E-state index in [-0.39, 0.29) is 24.0 Å². The van der Waals surface area contributed by atoms with E-state index < -0.39 is 5.82 Å². The Kier molecular flexibility index (Phi) is 6.39. The van der Waals surface area contributed by atoms with Gasteiger partial charge in [0.2, 0.25) is 0 Å². The molecular formula is C19H19FN2O3. The quantitative estimate of drug-likeness (QED) is 0.363. The van der Waals surface area contributed by atoms with Crippen molar-refractivity contribution >= 4 is 23.3 Å². The van der Waals surface area contributed by atoms with E-state index in [9.17, 15) is 14.0 Å². The Morgan fingerprint density at radius 2 is 1.72 bits per heavy atom. The zero-order chi connectivity index (χ0) is 18.2. The van der Waals surface area contributed by atoms with E-state index in [1.54, 1.807) is 12.1 Å². The molecule has 2 aromatic rings. The first-order valence-electron chi connectivity index (χ1n) is 7.78. The van der Waals surface area contributed by atoms with Crippen molar-refractivity contribution in [1.29, 1.82) is 0 Å². The molecule has 0 radical (unpaired) electrons. The highest BCUT2D eigenvalue weighted by molar-refractivity contribution is 6.09. The number of amidine groups is 1. The maximum atomic E-state index is 12.9. The van der Waals surface area contributed by atoms with Crippen LogP contribution < -0.4 is 5.73 Å². The molecule has 0 aliphatic heterocycles. The summed E-state index contributed by atoms with van der Waals surface area (Å²) in [5.74, 6) is -0.743. The fourth-order valence-corrected chi connectivity index (χ4v) is 2.16. The minimum absolute atomic E-state index is 0.0418. The van der Waals surface area contributed by atoms with Gasteiger partial charge in [0, 0.05) is 18.9 Å². The Labute approximate surface area is 145 Å². The molecule has 0 amide bonds. The average molecular weight is 342 g/mol. The number of hydrogen-bond acceptors (Lipinski definition) is 4. The monoisotopic (exact) mass is 342 g/mol. The van der Waals surface area contributed by atoms with E-state index in [2.05, 4.69) is 4.99 Å². The fourth-order valence-electron chi connectivity index (χ4n) is 2.16. The van der Waals surface area contributed by atoms with E-state index in [0.717, 1.165) is 5.56 Å². The molecule has 130 valence electrons. The number of nitrogens with two attached hydrogens (primary N) is 1. The van der Waals surface area contributed by atoms with E-state index >= 15 is 0 Å². The number of carbonyl (C=O) groups is 2. The number of rotatable bonds is 7. The summed E-state index contributed by atoms with van der Waals surface area (Å²) in [6.07, 6.45) is 0.571. The van der Waals surface area contributed by atoms with Crippen LogP contribution in [0, 0.1) is 5.82 Å². The van der Waals surface area contributed by atoms with Gasteiger partial charge in [-0.3, -0.25) is 9.59 Å². The number of Topliss-reactive ketones (excluding diaryl/α,β-unsaturated/α-hetero) is 1. The largest absolute Gasteiger partial charge is 0.466 e. The van der Waals surface area contributed by atoms with Crippen LogP contribution in [0.1, 0.15) is 29.3 Å². The number of carbonyl (C=O) groups excluding carboxylic acids is 2. The summed E-state index contributed by atoms with van der Waals surface area (Å²) in [5, 5.41) is 0. The molecule has 0 atom stereocenters. The van der Waals surface area contributed by atoms with Gasteiger partial charge in [-0.05, 0) is 42.0 Å². The van der Waals surface area contributed by atoms with Crippen molar-refractivity contribution in [2.75, 3.05) is 6.61 Å². The number of benzene rings is 2. The molecule has 0 saturated carbocycles. The van der Waals surface area contributed by atoms with Gasteiger partial charge < -0.3 is 10.5 Å². The topological polar surface area (TPSA) is 81.8 Å². The highest BCUT2D eigenvalue weighted by atomic mass is 19.1. The second kappa shape index (κ2) is 8.73. The highest BCUT2D eigenvalue weighted by Crippen LogP contribution is 2.14. The normalized spacial score (nSPS) is 11.2. The van der Waals surface area contributed by atoms with Crippen LogP contribution in [0.15, 0.2) is 53.5 Å². The van der Waals surface area contributed by atoms with Crippen LogP contribution in [0.2, 0.25) is 0 Å². The van der Waals surface area contributed by atoms with Gasteiger partial charge in [-0.1, -0.05) is 12.1 Å². The summed E-state index contributed by atoms with van der Waals surface area (Å²) >= 11 is 0. The maximum absolute atomic E-state index is 12.9. The van der Waals surface area contributed by atoms with E-state index in [1.807, 2.05) is 12.1 Å². The standard InChI is InChI=1S/C19H19FN2O3/c1-13(23)25-11-10-14-2-8-17(9-3-14)22-19(21)12-18(24)15-4-6-16(20)7-5-15/h2-9H,10-12H2,1H3,(H2,21,22). The van der Waals surface area contributed by atoms with Crippen molar-refractivity contribution in [1.82, 2.24) is 0 Å². The minimum atomic E-state index is -0.396. The Bertz CT molecular complexity index is 768. The van der Waals surface area contributed by atoms with Gasteiger partial charge in [-0.15, -0.1) is 0 Å². The van der Waals surface area contributed by atoms with Crippen molar-refractivity contribution in [3.63, 3.8) is 0 Å². The molecule has 0 aromatic heterocycles. The molecule has 0 spiro atoms. The average Bonchev–Trinajstić information content (AvgIpc) is 2.56. The molecule has 6 heteroatoms. The van der Waals surface area contributed by atoms with Crippen molar-refractivity contribution in [2.24, 2.45) is 10.7 Å². The van der Waals surface area contributed by atoms with Crippen molar-refractivity contribution < 1.29 is 18.7 Å². The molecule has 0 aliphatic carbocycles. The number of hydrogen-bond donors (Lipinski definition) is 1. The van der Waals surface area contributed by atoms with Gasteiger partial charge in [-0.2, -0.15) is 0 Å². The summed E-state index contributed by atoms with van der Waals surface area (Å²) in [7, 11) is 0. The van der Waals surface area contributed by atoms with Crippen molar-refractivity contribution in [3.8, 4) is 0 Å². The SMILES string of the molecule is CC(=O)OCCc1ccc(N=C(N)CC(=O)c2ccc(F)cc2)cc1. The molecule has 0 saturated heterocycles. The van der Waals surface area contributed by atoms with Crippen LogP contribution in [-0.2, 0) is 16.0 Å². The third-order valence-corrected chi connectivity index (χ3v) is 3.41. The first-order chi connectivity index (χ1) is 11.9. The Morgan fingerprint density at radius 3 is 2.32 bits per heavy atom. The molecule has 25 heavy (non-hydrogen) atoms. The lowest BCUT2D eigenvalue weighted by Crippen LogP contribution is -2.16. The zero-order valence-electron chi connectivity index (χ0n) is 13.9. The van der Waals surface area contributed by atoms with Crippen LogP contribution in [0.25, 0.3) is 0 Å². The third-order valence-electron chi connectivity index (χ3n) is 3.41. The van der Waals surface area contributed by atoms with Crippen LogP contribution >= 0.6 is 0 Å². The van der Waals surface area contributed by atoms with Gasteiger partial charge in [0.25, 0.3) is 0 Å². The fraction of sp³-hybridized carbons (Fsp3) is 0.211. The smallest absolute Gasteiger partial charge is 0.302 e. The molecule has 0 bridgehead atoms. The first kappa shape index (κ1) is 18.3. The van der Waals surface area contributed by atoms with E-state index in [0.29, 0.717) is 24.3 Å². The molecule has 5 nitrogen and oxygen atoms in total. The van der Waals surface area contributed by atoms with Gasteiger partial charge in [0.15, 0.2) is 5.78 Å². The number of aliphatic imine (C=N–C) groups is 1. The lowest BCUT2D eigenvalue weighted by molar-refractivity contribution is -0.140. The summed E-state index contributed by atoms with van der Waals surface area (Å²) in [6.45, 7) is 1.69. The predicted octanol–water partition coefficient (Wildman–Crippen LogP) is 3.19. The molecule has 0 unspecified atom stereocenters. The van der Waals surface area contributed by atoms with Crippen molar-refractivity contribution in [3.05, 3.63) is 65.5 Å². The first-order valence-corrected chi connectivity index (χ1v) is 7.78. The Hall–Kier alpha value is -3.02. The molecule has 2 N–H and O–H groups in total. The second-order valence-corrected chi connectivity index (χ2v) is 5.47. The Morgan fingerprint density at radius 1 is 1.08 bits per heavy atom. The number of ether oxygens (including phenoxy) is 1. The molecular weight excluding hydrogens is 323 g/mol. The summed E-state index contributed by atoms with van der Waals surface area (Å²) < 4.78 is 17.8. The van der Waals surface area contributed by atoms with Crippen LogP contribution in [0.4, 0.5) is 10.1 Å². The predicted molar refractivity (Wildman–Crippen MR) is 93.4 cm³/mol. The maximum Gasteiger partial charge on any atom is 0.302 e. The lowest BCUT2D eigenvalue weighted by Gasteiger charge is -2.04. The molecule has 0 heterocycles. The lowest BCUT2D eigenvalue weighted by atomic mass is 10.1. The van der Waals surface area contributed by atoms with Gasteiger partial charge in [-0.25, -0.2) is 9.38 Å². The summed E-state index contributed by atoms with van der Waals surface area (Å²) in [5.41, 5.74) is 7.84. The number of ketones is 1. The number of nitrogens with zero attached hydrogens (tertiary/aromatic N) is 1. The highest BCUT2D eigenvalue weighted by Gasteiger charge is 2.08. The number of halogens is 1. The van der Waals surface area contributed by atoms with E-state index in [1.165, 1.54) is 31.2 Å². The van der Waals surface area contributed by atoms with Crippen LogP contribution in [0.5, 0.6) is 0 Å². The van der Waals surface area contributed by atoms with Gasteiger partial charge >= 0.3 is 5.97 Å². The second-order valence-electron chi connectivity index (χ2n) is 5.47.